The van der Waals surface area contributed by atoms with E-state index in [-0.39, 0.29) is 18.8 Å². The third-order valence-corrected chi connectivity index (χ3v) is 3.99. The van der Waals surface area contributed by atoms with E-state index in [0.29, 0.717) is 6.42 Å². The molecular weight excluding hydrogens is 252 g/mol. The average molecular weight is 278 g/mol. The normalized spacial score (nSPS) is 27.2. The van der Waals surface area contributed by atoms with E-state index in [2.05, 4.69) is 18.7 Å². The average Bonchev–Trinajstić information content (AvgIpc) is 2.45. The summed E-state index contributed by atoms with van der Waals surface area (Å²) in [7, 11) is 0. The number of aliphatic hydroxyl groups is 1. The van der Waals surface area contributed by atoms with E-state index < -0.39 is 5.60 Å². The SMILES string of the molecule is C[C@@H]1CN(CCC(O)(CN)c2ccccc2)C[C@H](C)O1. The Bertz CT molecular complexity index is 402. The molecule has 0 spiro atoms. The quantitative estimate of drug-likeness (QED) is 0.853. The molecule has 0 bridgehead atoms. The molecule has 1 aromatic carbocycles. The van der Waals surface area contributed by atoms with Gasteiger partial charge < -0.3 is 15.6 Å². The van der Waals surface area contributed by atoms with E-state index in [4.69, 9.17) is 10.5 Å². The summed E-state index contributed by atoms with van der Waals surface area (Å²) in [6, 6.07) is 9.71. The highest BCUT2D eigenvalue weighted by molar-refractivity contribution is 5.22. The molecule has 0 saturated carbocycles. The first kappa shape index (κ1) is 15.4. The Morgan fingerprint density at radius 3 is 2.40 bits per heavy atom. The third kappa shape index (κ3) is 3.79. The van der Waals surface area contributed by atoms with Crippen LogP contribution in [0.4, 0.5) is 0 Å². The van der Waals surface area contributed by atoms with E-state index in [9.17, 15) is 5.11 Å². The Hall–Kier alpha value is -0.940. The molecule has 1 heterocycles. The standard InChI is InChI=1S/C16H26N2O2/c1-13-10-18(11-14(2)20-13)9-8-16(19,12-17)15-6-4-3-5-7-15/h3-7,13-14,19H,8-12,17H2,1-2H3/t13-,14+,16?. The van der Waals surface area contributed by atoms with Crippen LogP contribution in [0.3, 0.4) is 0 Å². The minimum Gasteiger partial charge on any atom is -0.384 e. The van der Waals surface area contributed by atoms with E-state index in [0.717, 1.165) is 25.2 Å². The van der Waals surface area contributed by atoms with E-state index >= 15 is 0 Å². The molecule has 3 atom stereocenters. The number of hydrogen-bond donors (Lipinski definition) is 2. The van der Waals surface area contributed by atoms with Crippen molar-refractivity contribution in [2.75, 3.05) is 26.2 Å². The molecule has 2 rings (SSSR count). The first-order valence-corrected chi connectivity index (χ1v) is 7.39. The number of nitrogens with zero attached hydrogens (tertiary/aromatic N) is 1. The molecule has 1 fully saturated rings. The van der Waals surface area contributed by atoms with Crippen LogP contribution >= 0.6 is 0 Å². The van der Waals surface area contributed by atoms with Gasteiger partial charge in [-0.3, -0.25) is 4.90 Å². The first-order chi connectivity index (χ1) is 9.53. The number of morpholine rings is 1. The van der Waals surface area contributed by atoms with Crippen LogP contribution in [0.15, 0.2) is 30.3 Å². The van der Waals surface area contributed by atoms with Gasteiger partial charge in [0.1, 0.15) is 5.60 Å². The molecule has 4 nitrogen and oxygen atoms in total. The minimum absolute atomic E-state index is 0.243. The molecular formula is C16H26N2O2. The zero-order valence-electron chi connectivity index (χ0n) is 12.5. The fraction of sp³-hybridized carbons (Fsp3) is 0.625. The highest BCUT2D eigenvalue weighted by Gasteiger charge is 2.29. The van der Waals surface area contributed by atoms with Crippen LogP contribution in [0.1, 0.15) is 25.8 Å². The fourth-order valence-electron chi connectivity index (χ4n) is 2.92. The predicted molar refractivity (Wildman–Crippen MR) is 80.5 cm³/mol. The summed E-state index contributed by atoms with van der Waals surface area (Å²) in [6.45, 7) is 7.09. The second-order valence-electron chi connectivity index (χ2n) is 5.87. The summed E-state index contributed by atoms with van der Waals surface area (Å²) in [5.41, 5.74) is 5.78. The molecule has 3 N–H and O–H groups in total. The van der Waals surface area contributed by atoms with Crippen LogP contribution in [0.2, 0.25) is 0 Å². The van der Waals surface area contributed by atoms with Gasteiger partial charge in [0.15, 0.2) is 0 Å². The summed E-state index contributed by atoms with van der Waals surface area (Å²) in [6.07, 6.45) is 1.15. The molecule has 1 unspecified atom stereocenters. The summed E-state index contributed by atoms with van der Waals surface area (Å²) in [5.74, 6) is 0. The monoisotopic (exact) mass is 278 g/mol. The van der Waals surface area contributed by atoms with E-state index in [1.165, 1.54) is 0 Å². The van der Waals surface area contributed by atoms with Crippen LogP contribution < -0.4 is 5.73 Å². The Kier molecular flexibility index (Phi) is 5.16. The van der Waals surface area contributed by atoms with Crippen molar-refractivity contribution >= 4 is 0 Å². The summed E-state index contributed by atoms with van der Waals surface area (Å²) >= 11 is 0. The van der Waals surface area contributed by atoms with Crippen LogP contribution in [-0.2, 0) is 10.3 Å². The lowest BCUT2D eigenvalue weighted by Gasteiger charge is -2.37. The van der Waals surface area contributed by atoms with Crippen molar-refractivity contribution in [3.05, 3.63) is 35.9 Å². The van der Waals surface area contributed by atoms with Gasteiger partial charge in [-0.2, -0.15) is 0 Å². The molecule has 20 heavy (non-hydrogen) atoms. The summed E-state index contributed by atoms with van der Waals surface area (Å²) < 4.78 is 5.73. The smallest absolute Gasteiger partial charge is 0.103 e. The third-order valence-electron chi connectivity index (χ3n) is 3.99. The molecule has 0 aromatic heterocycles. The minimum atomic E-state index is -0.938. The maximum absolute atomic E-state index is 10.8. The molecule has 1 aromatic rings. The van der Waals surface area contributed by atoms with Crippen molar-refractivity contribution < 1.29 is 9.84 Å². The second kappa shape index (κ2) is 6.68. The Labute approximate surface area is 121 Å². The van der Waals surface area contributed by atoms with Gasteiger partial charge in [0.05, 0.1) is 12.2 Å². The lowest BCUT2D eigenvalue weighted by molar-refractivity contribution is -0.0749. The topological polar surface area (TPSA) is 58.7 Å². The van der Waals surface area contributed by atoms with Gasteiger partial charge in [0, 0.05) is 26.2 Å². The van der Waals surface area contributed by atoms with Crippen LogP contribution in [0.25, 0.3) is 0 Å². The van der Waals surface area contributed by atoms with Gasteiger partial charge in [-0.1, -0.05) is 30.3 Å². The molecule has 4 heteroatoms. The summed E-state index contributed by atoms with van der Waals surface area (Å²) in [4.78, 5) is 2.35. The number of nitrogens with two attached hydrogens (primary N) is 1. The fourth-order valence-corrected chi connectivity index (χ4v) is 2.92. The highest BCUT2D eigenvalue weighted by Crippen LogP contribution is 2.24. The van der Waals surface area contributed by atoms with Gasteiger partial charge in [0.25, 0.3) is 0 Å². The van der Waals surface area contributed by atoms with Crippen molar-refractivity contribution in [3.63, 3.8) is 0 Å². The van der Waals surface area contributed by atoms with Crippen molar-refractivity contribution in [2.24, 2.45) is 5.73 Å². The number of hydrogen-bond acceptors (Lipinski definition) is 4. The van der Waals surface area contributed by atoms with E-state index in [1.807, 2.05) is 30.3 Å². The zero-order valence-corrected chi connectivity index (χ0v) is 12.5. The predicted octanol–water partition coefficient (Wildman–Crippen LogP) is 1.33. The van der Waals surface area contributed by atoms with E-state index in [1.54, 1.807) is 0 Å². The first-order valence-electron chi connectivity index (χ1n) is 7.39. The summed E-state index contributed by atoms with van der Waals surface area (Å²) in [5, 5.41) is 10.8. The van der Waals surface area contributed by atoms with Crippen molar-refractivity contribution in [3.8, 4) is 0 Å². The number of ether oxygens (including phenoxy) is 1. The van der Waals surface area contributed by atoms with Crippen LogP contribution in [0.5, 0.6) is 0 Å². The lowest BCUT2D eigenvalue weighted by atomic mass is 9.90. The zero-order chi connectivity index (χ0) is 14.6. The van der Waals surface area contributed by atoms with Crippen molar-refractivity contribution in [1.82, 2.24) is 4.90 Å². The van der Waals surface area contributed by atoms with Gasteiger partial charge in [-0.25, -0.2) is 0 Å². The van der Waals surface area contributed by atoms with Crippen molar-refractivity contribution in [1.29, 1.82) is 0 Å². The van der Waals surface area contributed by atoms with Crippen LogP contribution in [0, 0.1) is 0 Å². The maximum atomic E-state index is 10.8. The molecule has 112 valence electrons. The lowest BCUT2D eigenvalue weighted by Crippen LogP contribution is -2.47. The molecule has 1 aliphatic heterocycles. The van der Waals surface area contributed by atoms with Gasteiger partial charge >= 0.3 is 0 Å². The molecule has 0 aliphatic carbocycles. The highest BCUT2D eigenvalue weighted by atomic mass is 16.5. The largest absolute Gasteiger partial charge is 0.384 e. The maximum Gasteiger partial charge on any atom is 0.103 e. The number of benzene rings is 1. The Balaban J connectivity index is 1.97. The van der Waals surface area contributed by atoms with Crippen LogP contribution in [-0.4, -0.2) is 48.4 Å². The molecule has 0 amide bonds. The van der Waals surface area contributed by atoms with Gasteiger partial charge in [-0.15, -0.1) is 0 Å². The number of rotatable bonds is 5. The van der Waals surface area contributed by atoms with Gasteiger partial charge in [-0.05, 0) is 25.8 Å². The van der Waals surface area contributed by atoms with Gasteiger partial charge in [0.2, 0.25) is 0 Å². The molecule has 1 aliphatic rings. The molecule has 0 radical (unpaired) electrons. The van der Waals surface area contributed by atoms with Crippen molar-refractivity contribution in [2.45, 2.75) is 38.1 Å². The second-order valence-corrected chi connectivity index (χ2v) is 5.87. The Morgan fingerprint density at radius 2 is 1.85 bits per heavy atom. The Morgan fingerprint density at radius 1 is 1.25 bits per heavy atom. The molecule has 1 saturated heterocycles.